The molecule has 6 nitrogen and oxygen atoms in total. The molecule has 0 aliphatic heterocycles. The Morgan fingerprint density at radius 3 is 2.63 bits per heavy atom. The Labute approximate surface area is 111 Å². The highest BCUT2D eigenvalue weighted by atomic mass is 16.5. The lowest BCUT2D eigenvalue weighted by molar-refractivity contribution is -0.138. The summed E-state index contributed by atoms with van der Waals surface area (Å²) in [6, 6.07) is 4.18. The summed E-state index contributed by atoms with van der Waals surface area (Å²) in [4.78, 5) is 21.9. The van der Waals surface area contributed by atoms with Gasteiger partial charge in [0.2, 0.25) is 0 Å². The van der Waals surface area contributed by atoms with Crippen LogP contribution in [0.1, 0.15) is 18.1 Å². The SMILES string of the molecule is Cc1ccc(OCNC(=O)NC(C)C(=O)O)c(C)c1. The second-order valence-electron chi connectivity index (χ2n) is 4.27. The van der Waals surface area contributed by atoms with Gasteiger partial charge in [0.05, 0.1) is 0 Å². The number of carbonyl (C=O) groups excluding carboxylic acids is 1. The third-order valence-electron chi connectivity index (χ3n) is 2.51. The van der Waals surface area contributed by atoms with E-state index in [-0.39, 0.29) is 6.73 Å². The van der Waals surface area contributed by atoms with E-state index in [1.165, 1.54) is 6.92 Å². The standard InChI is InChI=1S/C13H18N2O4/c1-8-4-5-11(9(2)6-8)19-7-14-13(18)15-10(3)12(16)17/h4-6,10H,7H2,1-3H3,(H,16,17)(H2,14,15,18). The van der Waals surface area contributed by atoms with E-state index in [4.69, 9.17) is 9.84 Å². The van der Waals surface area contributed by atoms with E-state index in [1.54, 1.807) is 0 Å². The molecule has 19 heavy (non-hydrogen) atoms. The number of nitrogens with one attached hydrogen (secondary N) is 2. The zero-order chi connectivity index (χ0) is 14.4. The van der Waals surface area contributed by atoms with Crippen LogP contribution in [0.3, 0.4) is 0 Å². The molecule has 1 atom stereocenters. The first-order chi connectivity index (χ1) is 8.90. The number of aryl methyl sites for hydroxylation is 2. The van der Waals surface area contributed by atoms with Crippen LogP contribution in [0.4, 0.5) is 4.79 Å². The molecule has 0 fully saturated rings. The molecule has 0 spiro atoms. The Balaban J connectivity index is 2.38. The van der Waals surface area contributed by atoms with Gasteiger partial charge in [-0.25, -0.2) is 4.79 Å². The van der Waals surface area contributed by atoms with Crippen molar-refractivity contribution in [1.29, 1.82) is 0 Å². The van der Waals surface area contributed by atoms with Crippen molar-refractivity contribution in [3.05, 3.63) is 29.3 Å². The zero-order valence-electron chi connectivity index (χ0n) is 11.2. The number of aliphatic carboxylic acids is 1. The fourth-order valence-corrected chi connectivity index (χ4v) is 1.45. The summed E-state index contributed by atoms with van der Waals surface area (Å²) in [5.74, 6) is -0.414. The summed E-state index contributed by atoms with van der Waals surface area (Å²) in [6.07, 6.45) is 0. The largest absolute Gasteiger partial charge is 0.480 e. The molecule has 0 saturated carbocycles. The molecular formula is C13H18N2O4. The van der Waals surface area contributed by atoms with Gasteiger partial charge in [0.25, 0.3) is 0 Å². The van der Waals surface area contributed by atoms with Crippen molar-refractivity contribution in [1.82, 2.24) is 10.6 Å². The highest BCUT2D eigenvalue weighted by Crippen LogP contribution is 2.18. The molecule has 6 heteroatoms. The number of hydrogen-bond acceptors (Lipinski definition) is 3. The van der Waals surface area contributed by atoms with E-state index < -0.39 is 18.0 Å². The molecule has 1 rings (SSSR count). The Bertz CT molecular complexity index is 474. The van der Waals surface area contributed by atoms with Crippen LogP contribution < -0.4 is 15.4 Å². The maximum atomic E-state index is 11.3. The molecule has 1 unspecified atom stereocenters. The van der Waals surface area contributed by atoms with Gasteiger partial charge in [-0.15, -0.1) is 0 Å². The zero-order valence-corrected chi connectivity index (χ0v) is 11.2. The van der Waals surface area contributed by atoms with Crippen LogP contribution in [0, 0.1) is 13.8 Å². The number of carboxylic acid groups (broad SMARTS) is 1. The highest BCUT2D eigenvalue weighted by Gasteiger charge is 2.13. The van der Waals surface area contributed by atoms with Gasteiger partial charge in [0.15, 0.2) is 6.73 Å². The molecule has 0 radical (unpaired) electrons. The molecule has 0 saturated heterocycles. The summed E-state index contributed by atoms with van der Waals surface area (Å²) < 4.78 is 5.39. The third-order valence-corrected chi connectivity index (χ3v) is 2.51. The van der Waals surface area contributed by atoms with Crippen molar-refractivity contribution in [2.24, 2.45) is 0 Å². The number of amides is 2. The number of urea groups is 1. The predicted octanol–water partition coefficient (Wildman–Crippen LogP) is 1.41. The van der Waals surface area contributed by atoms with Crippen LogP contribution in [0.15, 0.2) is 18.2 Å². The molecule has 0 heterocycles. The van der Waals surface area contributed by atoms with Gasteiger partial charge in [-0.2, -0.15) is 0 Å². The highest BCUT2D eigenvalue weighted by molar-refractivity contribution is 5.81. The van der Waals surface area contributed by atoms with E-state index in [0.29, 0.717) is 5.75 Å². The van der Waals surface area contributed by atoms with E-state index in [1.807, 2.05) is 32.0 Å². The van der Waals surface area contributed by atoms with Crippen molar-refractivity contribution in [3.63, 3.8) is 0 Å². The van der Waals surface area contributed by atoms with Crippen molar-refractivity contribution in [3.8, 4) is 5.75 Å². The summed E-state index contributed by atoms with van der Waals surface area (Å²) >= 11 is 0. The average molecular weight is 266 g/mol. The van der Waals surface area contributed by atoms with Crippen molar-refractivity contribution in [2.45, 2.75) is 26.8 Å². The second kappa shape index (κ2) is 6.63. The molecule has 0 aliphatic rings. The van der Waals surface area contributed by atoms with Crippen molar-refractivity contribution < 1.29 is 19.4 Å². The summed E-state index contributed by atoms with van der Waals surface area (Å²) in [5, 5.41) is 13.3. The van der Waals surface area contributed by atoms with E-state index >= 15 is 0 Å². The first-order valence-electron chi connectivity index (χ1n) is 5.87. The monoisotopic (exact) mass is 266 g/mol. The fourth-order valence-electron chi connectivity index (χ4n) is 1.45. The lowest BCUT2D eigenvalue weighted by Crippen LogP contribution is -2.45. The summed E-state index contributed by atoms with van der Waals surface area (Å²) in [7, 11) is 0. The minimum absolute atomic E-state index is 0.0257. The van der Waals surface area contributed by atoms with E-state index in [2.05, 4.69) is 10.6 Å². The van der Waals surface area contributed by atoms with Gasteiger partial charge in [0.1, 0.15) is 11.8 Å². The third kappa shape index (κ3) is 4.87. The Morgan fingerprint density at radius 2 is 2.05 bits per heavy atom. The molecule has 0 aromatic heterocycles. The molecule has 1 aromatic carbocycles. The first kappa shape index (κ1) is 14.8. The summed E-state index contributed by atoms with van der Waals surface area (Å²) in [5.41, 5.74) is 2.10. The Kier molecular flexibility index (Phi) is 5.17. The second-order valence-corrected chi connectivity index (χ2v) is 4.27. The number of carbonyl (C=O) groups is 2. The van der Waals surface area contributed by atoms with Gasteiger partial charge in [0, 0.05) is 0 Å². The minimum atomic E-state index is -1.09. The number of hydrogen-bond donors (Lipinski definition) is 3. The van der Waals surface area contributed by atoms with Gasteiger partial charge in [-0.3, -0.25) is 4.79 Å². The molecule has 3 N–H and O–H groups in total. The fraction of sp³-hybridized carbons (Fsp3) is 0.385. The number of carboxylic acids is 1. The number of benzene rings is 1. The quantitative estimate of drug-likeness (QED) is 0.703. The average Bonchev–Trinajstić information content (AvgIpc) is 2.31. The topological polar surface area (TPSA) is 87.7 Å². The summed E-state index contributed by atoms with van der Waals surface area (Å²) in [6.45, 7) is 5.25. The van der Waals surface area contributed by atoms with Crippen LogP contribution in [0.5, 0.6) is 5.75 Å². The number of rotatable bonds is 5. The Hall–Kier alpha value is -2.24. The maximum absolute atomic E-state index is 11.3. The maximum Gasteiger partial charge on any atom is 0.325 e. The van der Waals surface area contributed by atoms with E-state index in [9.17, 15) is 9.59 Å². The van der Waals surface area contributed by atoms with Gasteiger partial charge >= 0.3 is 12.0 Å². The van der Waals surface area contributed by atoms with Crippen LogP contribution in [-0.2, 0) is 4.79 Å². The lowest BCUT2D eigenvalue weighted by Gasteiger charge is -2.13. The van der Waals surface area contributed by atoms with Crippen LogP contribution in [0.25, 0.3) is 0 Å². The smallest absolute Gasteiger partial charge is 0.325 e. The van der Waals surface area contributed by atoms with Crippen LogP contribution in [0.2, 0.25) is 0 Å². The van der Waals surface area contributed by atoms with Crippen LogP contribution in [-0.4, -0.2) is 29.9 Å². The molecule has 0 aliphatic carbocycles. The molecular weight excluding hydrogens is 248 g/mol. The van der Waals surface area contributed by atoms with E-state index in [0.717, 1.165) is 11.1 Å². The molecule has 104 valence electrons. The van der Waals surface area contributed by atoms with Gasteiger partial charge < -0.3 is 20.5 Å². The molecule has 0 bridgehead atoms. The van der Waals surface area contributed by atoms with Crippen molar-refractivity contribution in [2.75, 3.05) is 6.73 Å². The molecule has 1 aromatic rings. The molecule has 2 amide bonds. The predicted molar refractivity (Wildman–Crippen MR) is 70.2 cm³/mol. The number of ether oxygens (including phenoxy) is 1. The van der Waals surface area contributed by atoms with Gasteiger partial charge in [-0.1, -0.05) is 17.7 Å². The first-order valence-corrected chi connectivity index (χ1v) is 5.87. The lowest BCUT2D eigenvalue weighted by atomic mass is 10.1. The Morgan fingerprint density at radius 1 is 1.37 bits per heavy atom. The van der Waals surface area contributed by atoms with Crippen molar-refractivity contribution >= 4 is 12.0 Å². The van der Waals surface area contributed by atoms with Crippen LogP contribution >= 0.6 is 0 Å². The normalized spacial score (nSPS) is 11.5. The van der Waals surface area contributed by atoms with Gasteiger partial charge in [-0.05, 0) is 32.4 Å². The minimum Gasteiger partial charge on any atom is -0.480 e.